The van der Waals surface area contributed by atoms with E-state index in [2.05, 4.69) is 5.32 Å². The van der Waals surface area contributed by atoms with Crippen LogP contribution in [0.15, 0.2) is 12.1 Å². The smallest absolute Gasteiger partial charge is 0.223 e. The van der Waals surface area contributed by atoms with E-state index in [-0.39, 0.29) is 17.7 Å². The van der Waals surface area contributed by atoms with Crippen LogP contribution < -0.4 is 5.32 Å². The summed E-state index contributed by atoms with van der Waals surface area (Å²) in [4.78, 5) is 11.2. The summed E-state index contributed by atoms with van der Waals surface area (Å²) in [6.07, 6.45) is 0.546. The molecule has 1 aromatic rings. The highest BCUT2D eigenvalue weighted by Crippen LogP contribution is 2.47. The molecule has 2 atom stereocenters. The molecular formula is C11H10F3NO. The molecule has 1 aliphatic carbocycles. The SMILES string of the molecule is CNC(=O)C1CC1c1cc(F)c(F)c(F)c1. The highest BCUT2D eigenvalue weighted by molar-refractivity contribution is 5.82. The van der Waals surface area contributed by atoms with E-state index < -0.39 is 17.5 Å². The van der Waals surface area contributed by atoms with Gasteiger partial charge in [0.1, 0.15) is 0 Å². The van der Waals surface area contributed by atoms with Crippen LogP contribution in [-0.2, 0) is 4.79 Å². The van der Waals surface area contributed by atoms with E-state index in [1.54, 1.807) is 0 Å². The van der Waals surface area contributed by atoms with Gasteiger partial charge < -0.3 is 5.32 Å². The molecule has 1 saturated carbocycles. The zero-order valence-electron chi connectivity index (χ0n) is 8.56. The van der Waals surface area contributed by atoms with Crippen LogP contribution in [-0.4, -0.2) is 13.0 Å². The van der Waals surface area contributed by atoms with Crippen molar-refractivity contribution in [1.82, 2.24) is 5.32 Å². The predicted octanol–water partition coefficient (Wildman–Crippen LogP) is 1.95. The molecule has 1 amide bonds. The maximum absolute atomic E-state index is 12.9. The van der Waals surface area contributed by atoms with Crippen molar-refractivity contribution in [2.24, 2.45) is 5.92 Å². The van der Waals surface area contributed by atoms with Crippen molar-refractivity contribution in [3.8, 4) is 0 Å². The van der Waals surface area contributed by atoms with Crippen molar-refractivity contribution in [2.75, 3.05) is 7.05 Å². The molecule has 0 aromatic heterocycles. The van der Waals surface area contributed by atoms with Gasteiger partial charge in [0.15, 0.2) is 17.5 Å². The van der Waals surface area contributed by atoms with Gasteiger partial charge in [-0.15, -0.1) is 0 Å². The molecule has 1 aromatic carbocycles. The van der Waals surface area contributed by atoms with Gasteiger partial charge in [0, 0.05) is 13.0 Å². The van der Waals surface area contributed by atoms with Crippen LogP contribution >= 0.6 is 0 Å². The lowest BCUT2D eigenvalue weighted by molar-refractivity contribution is -0.121. The van der Waals surface area contributed by atoms with Crippen LogP contribution in [0.5, 0.6) is 0 Å². The number of carbonyl (C=O) groups excluding carboxylic acids is 1. The van der Waals surface area contributed by atoms with E-state index in [0.29, 0.717) is 12.0 Å². The van der Waals surface area contributed by atoms with E-state index in [9.17, 15) is 18.0 Å². The van der Waals surface area contributed by atoms with Crippen LogP contribution in [0.4, 0.5) is 13.2 Å². The topological polar surface area (TPSA) is 29.1 Å². The molecule has 1 fully saturated rings. The van der Waals surface area contributed by atoms with Gasteiger partial charge in [-0.2, -0.15) is 0 Å². The minimum Gasteiger partial charge on any atom is -0.359 e. The normalized spacial score (nSPS) is 23.0. The number of benzene rings is 1. The number of amides is 1. The Balaban J connectivity index is 2.22. The number of hydrogen-bond acceptors (Lipinski definition) is 1. The van der Waals surface area contributed by atoms with Crippen molar-refractivity contribution in [2.45, 2.75) is 12.3 Å². The van der Waals surface area contributed by atoms with Crippen molar-refractivity contribution in [3.63, 3.8) is 0 Å². The van der Waals surface area contributed by atoms with Crippen molar-refractivity contribution in [1.29, 1.82) is 0 Å². The van der Waals surface area contributed by atoms with Gasteiger partial charge in [0.25, 0.3) is 0 Å². The second-order valence-corrected chi connectivity index (χ2v) is 3.86. The van der Waals surface area contributed by atoms with Gasteiger partial charge in [-0.25, -0.2) is 13.2 Å². The van der Waals surface area contributed by atoms with Gasteiger partial charge in [0.05, 0.1) is 0 Å². The quantitative estimate of drug-likeness (QED) is 0.771. The van der Waals surface area contributed by atoms with Gasteiger partial charge in [-0.1, -0.05) is 0 Å². The summed E-state index contributed by atoms with van der Waals surface area (Å²) in [6, 6.07) is 1.90. The standard InChI is InChI=1S/C11H10F3NO/c1-15-11(16)7-4-6(7)5-2-8(12)10(14)9(13)3-5/h2-3,6-7H,4H2,1H3,(H,15,16). The monoisotopic (exact) mass is 229 g/mol. The third-order valence-corrected chi connectivity index (χ3v) is 2.81. The molecule has 86 valence electrons. The summed E-state index contributed by atoms with van der Waals surface area (Å²) < 4.78 is 38.5. The maximum atomic E-state index is 12.9. The number of halogens is 3. The fourth-order valence-corrected chi connectivity index (χ4v) is 1.83. The summed E-state index contributed by atoms with van der Waals surface area (Å²) in [7, 11) is 1.50. The molecule has 0 spiro atoms. The Morgan fingerprint density at radius 3 is 2.38 bits per heavy atom. The summed E-state index contributed by atoms with van der Waals surface area (Å²) in [5.74, 6) is -4.51. The van der Waals surface area contributed by atoms with Crippen LogP contribution in [0.25, 0.3) is 0 Å². The summed E-state index contributed by atoms with van der Waals surface area (Å²) in [5, 5.41) is 2.47. The molecule has 0 bridgehead atoms. The Labute approximate surface area is 90.5 Å². The van der Waals surface area contributed by atoms with E-state index in [1.165, 1.54) is 7.05 Å². The largest absolute Gasteiger partial charge is 0.359 e. The summed E-state index contributed by atoms with van der Waals surface area (Å²) in [5.41, 5.74) is 0.338. The molecule has 2 unspecified atom stereocenters. The minimum absolute atomic E-state index is 0.157. The highest BCUT2D eigenvalue weighted by atomic mass is 19.2. The molecule has 0 aliphatic heterocycles. The average Bonchev–Trinajstić information content (AvgIpc) is 3.04. The molecule has 2 rings (SSSR count). The van der Waals surface area contributed by atoms with Crippen LogP contribution in [0, 0.1) is 23.4 Å². The molecule has 1 aliphatic rings. The highest BCUT2D eigenvalue weighted by Gasteiger charge is 2.44. The van der Waals surface area contributed by atoms with Gasteiger partial charge >= 0.3 is 0 Å². The molecule has 5 heteroatoms. The lowest BCUT2D eigenvalue weighted by Gasteiger charge is -2.02. The zero-order valence-corrected chi connectivity index (χ0v) is 8.56. The Morgan fingerprint density at radius 1 is 1.31 bits per heavy atom. The predicted molar refractivity (Wildman–Crippen MR) is 51.2 cm³/mol. The summed E-state index contributed by atoms with van der Waals surface area (Å²) in [6.45, 7) is 0. The second-order valence-electron chi connectivity index (χ2n) is 3.86. The number of hydrogen-bond donors (Lipinski definition) is 1. The third-order valence-electron chi connectivity index (χ3n) is 2.81. The zero-order chi connectivity index (χ0) is 11.9. The molecule has 0 radical (unpaired) electrons. The van der Waals surface area contributed by atoms with Crippen molar-refractivity contribution < 1.29 is 18.0 Å². The van der Waals surface area contributed by atoms with E-state index >= 15 is 0 Å². The Bertz CT molecular complexity index is 424. The first-order valence-corrected chi connectivity index (χ1v) is 4.90. The van der Waals surface area contributed by atoms with Crippen molar-refractivity contribution in [3.05, 3.63) is 35.1 Å². The molecule has 0 saturated heterocycles. The minimum atomic E-state index is -1.47. The lowest BCUT2D eigenvalue weighted by atomic mass is 10.1. The first-order chi connectivity index (χ1) is 7.54. The molecule has 2 nitrogen and oxygen atoms in total. The fraction of sp³-hybridized carbons (Fsp3) is 0.364. The molecular weight excluding hydrogens is 219 g/mol. The first kappa shape index (κ1) is 11.0. The number of rotatable bonds is 2. The van der Waals surface area contributed by atoms with Gasteiger partial charge in [-0.3, -0.25) is 4.79 Å². The molecule has 16 heavy (non-hydrogen) atoms. The maximum Gasteiger partial charge on any atom is 0.223 e. The van der Waals surface area contributed by atoms with E-state index in [4.69, 9.17) is 0 Å². The summed E-state index contributed by atoms with van der Waals surface area (Å²) >= 11 is 0. The van der Waals surface area contributed by atoms with Crippen LogP contribution in [0.3, 0.4) is 0 Å². The number of nitrogens with one attached hydrogen (secondary N) is 1. The lowest BCUT2D eigenvalue weighted by Crippen LogP contribution is -2.20. The van der Waals surface area contributed by atoms with Crippen LogP contribution in [0.1, 0.15) is 17.9 Å². The van der Waals surface area contributed by atoms with Crippen LogP contribution in [0.2, 0.25) is 0 Å². The third kappa shape index (κ3) is 1.77. The fourth-order valence-electron chi connectivity index (χ4n) is 1.83. The second kappa shape index (κ2) is 3.81. The molecule has 1 N–H and O–H groups in total. The van der Waals surface area contributed by atoms with Gasteiger partial charge in [0.2, 0.25) is 5.91 Å². The Kier molecular flexibility index (Phi) is 2.61. The average molecular weight is 229 g/mol. The number of carbonyl (C=O) groups is 1. The Morgan fingerprint density at radius 2 is 1.88 bits per heavy atom. The van der Waals surface area contributed by atoms with Gasteiger partial charge in [-0.05, 0) is 30.0 Å². The van der Waals surface area contributed by atoms with E-state index in [0.717, 1.165) is 12.1 Å². The molecule has 0 heterocycles. The van der Waals surface area contributed by atoms with Crippen molar-refractivity contribution >= 4 is 5.91 Å². The van der Waals surface area contributed by atoms with E-state index in [1.807, 2.05) is 0 Å². The Hall–Kier alpha value is -1.52. The first-order valence-electron chi connectivity index (χ1n) is 4.90.